The summed E-state index contributed by atoms with van der Waals surface area (Å²) in [4.78, 5) is 23.6. The number of carboxylic acid groups (broad SMARTS) is 1. The molecular formula is C18H17F2N5O3. The molecule has 0 bridgehead atoms. The number of nitrogens with one attached hydrogen (secondary N) is 2. The van der Waals surface area contributed by atoms with Crippen LogP contribution in [0.5, 0.6) is 5.75 Å². The number of fused-ring (bicyclic) bond motifs is 1. The number of benzene rings is 1. The predicted molar refractivity (Wildman–Crippen MR) is 97.5 cm³/mol. The average molecular weight is 389 g/mol. The molecule has 10 heteroatoms. The Morgan fingerprint density at radius 3 is 2.68 bits per heavy atom. The molecule has 2 heterocycles. The highest BCUT2D eigenvalue weighted by molar-refractivity contribution is 6.02. The zero-order valence-electron chi connectivity index (χ0n) is 15.0. The van der Waals surface area contributed by atoms with Gasteiger partial charge in [0.05, 0.1) is 18.7 Å². The van der Waals surface area contributed by atoms with Crippen molar-refractivity contribution in [2.75, 3.05) is 26.0 Å². The standard InChI is InChI=1S/C18H17F2N5O3/c1-21-7-13(10-5-12(20)14(28-2)6-11(10)19)25-17-16-15(23-8-24-17)9(18(26)27)3-4-22-16/h3-6,8,13,21H,7H2,1-2H3,(H,26,27)(H,23,24,25)/t13-/m1/s1. The first-order chi connectivity index (χ1) is 13.5. The van der Waals surface area contributed by atoms with E-state index >= 15 is 0 Å². The van der Waals surface area contributed by atoms with E-state index in [0.717, 1.165) is 12.1 Å². The monoisotopic (exact) mass is 389 g/mol. The molecule has 28 heavy (non-hydrogen) atoms. The van der Waals surface area contributed by atoms with Gasteiger partial charge in [-0.25, -0.2) is 23.5 Å². The van der Waals surface area contributed by atoms with Crippen molar-refractivity contribution in [1.82, 2.24) is 20.3 Å². The van der Waals surface area contributed by atoms with Crippen molar-refractivity contribution in [1.29, 1.82) is 0 Å². The molecule has 8 nitrogen and oxygen atoms in total. The Morgan fingerprint density at radius 1 is 1.21 bits per heavy atom. The lowest BCUT2D eigenvalue weighted by molar-refractivity contribution is 0.0698. The van der Waals surface area contributed by atoms with Gasteiger partial charge in [-0.1, -0.05) is 0 Å². The van der Waals surface area contributed by atoms with Crippen LogP contribution in [0.2, 0.25) is 0 Å². The number of likely N-dealkylation sites (N-methyl/N-ethyl adjacent to an activating group) is 1. The number of halogens is 2. The molecule has 2 aromatic heterocycles. The van der Waals surface area contributed by atoms with Gasteiger partial charge in [-0.2, -0.15) is 0 Å². The molecule has 0 spiro atoms. The molecule has 3 rings (SSSR count). The Bertz CT molecular complexity index is 1030. The van der Waals surface area contributed by atoms with Crippen LogP contribution >= 0.6 is 0 Å². The van der Waals surface area contributed by atoms with Crippen LogP contribution in [-0.2, 0) is 0 Å². The number of ether oxygens (including phenoxy) is 1. The molecule has 0 radical (unpaired) electrons. The lowest BCUT2D eigenvalue weighted by atomic mass is 10.0. The molecule has 0 amide bonds. The number of carbonyl (C=O) groups is 1. The molecule has 3 aromatic rings. The fraction of sp³-hybridized carbons (Fsp3) is 0.222. The van der Waals surface area contributed by atoms with Crippen LogP contribution in [0.3, 0.4) is 0 Å². The summed E-state index contributed by atoms with van der Waals surface area (Å²) in [5, 5.41) is 15.2. The van der Waals surface area contributed by atoms with Gasteiger partial charge in [0, 0.05) is 24.4 Å². The molecule has 0 aliphatic rings. The average Bonchev–Trinajstić information content (AvgIpc) is 2.68. The van der Waals surface area contributed by atoms with Crippen molar-refractivity contribution < 1.29 is 23.4 Å². The van der Waals surface area contributed by atoms with E-state index in [1.54, 1.807) is 7.05 Å². The fourth-order valence-electron chi connectivity index (χ4n) is 2.82. The number of carboxylic acids is 1. The van der Waals surface area contributed by atoms with Crippen LogP contribution in [0, 0.1) is 11.6 Å². The Balaban J connectivity index is 2.06. The molecule has 0 aliphatic heterocycles. The van der Waals surface area contributed by atoms with Gasteiger partial charge >= 0.3 is 5.97 Å². The molecule has 0 saturated carbocycles. The summed E-state index contributed by atoms with van der Waals surface area (Å²) >= 11 is 0. The number of aromatic carboxylic acids is 1. The molecule has 146 valence electrons. The number of methoxy groups -OCH3 is 1. The minimum Gasteiger partial charge on any atom is -0.494 e. The smallest absolute Gasteiger partial charge is 0.338 e. The summed E-state index contributed by atoms with van der Waals surface area (Å²) in [6.45, 7) is 0.229. The zero-order chi connectivity index (χ0) is 20.3. The van der Waals surface area contributed by atoms with Crippen molar-refractivity contribution >= 4 is 22.8 Å². The van der Waals surface area contributed by atoms with E-state index in [0.29, 0.717) is 0 Å². The van der Waals surface area contributed by atoms with Gasteiger partial charge in [-0.3, -0.25) is 4.98 Å². The largest absolute Gasteiger partial charge is 0.494 e. The first-order valence-electron chi connectivity index (χ1n) is 8.23. The van der Waals surface area contributed by atoms with E-state index < -0.39 is 23.6 Å². The van der Waals surface area contributed by atoms with Crippen molar-refractivity contribution in [3.8, 4) is 5.75 Å². The summed E-state index contributed by atoms with van der Waals surface area (Å²) in [6, 6.07) is 2.61. The van der Waals surface area contributed by atoms with Gasteiger partial charge in [-0.05, 0) is 19.2 Å². The normalized spacial score (nSPS) is 12.0. The first kappa shape index (κ1) is 19.4. The van der Waals surface area contributed by atoms with Gasteiger partial charge in [0.15, 0.2) is 17.4 Å². The summed E-state index contributed by atoms with van der Waals surface area (Å²) in [7, 11) is 2.91. The molecule has 1 aromatic carbocycles. The SMILES string of the molecule is CNC[C@@H](Nc1ncnc2c(C(=O)O)ccnc12)c1cc(F)c(OC)cc1F. The van der Waals surface area contributed by atoms with Gasteiger partial charge in [0.1, 0.15) is 23.2 Å². The number of rotatable bonds is 7. The lowest BCUT2D eigenvalue weighted by Gasteiger charge is -2.21. The second-order valence-corrected chi connectivity index (χ2v) is 5.85. The highest BCUT2D eigenvalue weighted by Gasteiger charge is 2.21. The lowest BCUT2D eigenvalue weighted by Crippen LogP contribution is -2.25. The number of anilines is 1. The second-order valence-electron chi connectivity index (χ2n) is 5.85. The minimum atomic E-state index is -1.16. The van der Waals surface area contributed by atoms with Crippen molar-refractivity contribution in [3.05, 3.63) is 53.5 Å². The number of pyridine rings is 1. The maximum atomic E-state index is 14.5. The number of aromatic nitrogens is 3. The van der Waals surface area contributed by atoms with Crippen LogP contribution in [0.4, 0.5) is 14.6 Å². The van der Waals surface area contributed by atoms with Crippen LogP contribution in [-0.4, -0.2) is 46.7 Å². The van der Waals surface area contributed by atoms with Crippen molar-refractivity contribution in [2.24, 2.45) is 0 Å². The van der Waals surface area contributed by atoms with Gasteiger partial charge in [0.2, 0.25) is 0 Å². The zero-order valence-corrected chi connectivity index (χ0v) is 15.0. The van der Waals surface area contributed by atoms with Crippen LogP contribution in [0.15, 0.2) is 30.7 Å². The fourth-order valence-corrected chi connectivity index (χ4v) is 2.82. The maximum Gasteiger partial charge on any atom is 0.338 e. The van der Waals surface area contributed by atoms with Gasteiger partial charge in [0.25, 0.3) is 0 Å². The summed E-state index contributed by atoms with van der Waals surface area (Å²) in [5.41, 5.74) is 0.353. The molecule has 0 fully saturated rings. The highest BCUT2D eigenvalue weighted by Crippen LogP contribution is 2.29. The van der Waals surface area contributed by atoms with Gasteiger partial charge < -0.3 is 20.5 Å². The first-order valence-corrected chi connectivity index (χ1v) is 8.23. The van der Waals surface area contributed by atoms with Gasteiger partial charge in [-0.15, -0.1) is 0 Å². The maximum absolute atomic E-state index is 14.5. The summed E-state index contributed by atoms with van der Waals surface area (Å²) in [5.74, 6) is -2.54. The van der Waals surface area contributed by atoms with Crippen LogP contribution in [0.1, 0.15) is 22.0 Å². The van der Waals surface area contributed by atoms with Crippen molar-refractivity contribution in [2.45, 2.75) is 6.04 Å². The molecule has 0 saturated heterocycles. The van der Waals surface area contributed by atoms with E-state index in [1.807, 2.05) is 0 Å². The van der Waals surface area contributed by atoms with Crippen LogP contribution in [0.25, 0.3) is 11.0 Å². The Hall–Kier alpha value is -3.40. The van der Waals surface area contributed by atoms with E-state index in [1.165, 1.54) is 25.7 Å². The summed E-state index contributed by atoms with van der Waals surface area (Å²) < 4.78 is 33.5. The van der Waals surface area contributed by atoms with E-state index in [9.17, 15) is 18.7 Å². The Morgan fingerprint density at radius 2 is 2.00 bits per heavy atom. The second kappa shape index (κ2) is 8.09. The minimum absolute atomic E-state index is 0.0395. The van der Waals surface area contributed by atoms with Crippen molar-refractivity contribution in [3.63, 3.8) is 0 Å². The third kappa shape index (κ3) is 3.67. The highest BCUT2D eigenvalue weighted by atomic mass is 19.1. The number of hydrogen-bond donors (Lipinski definition) is 3. The summed E-state index contributed by atoms with van der Waals surface area (Å²) in [6.07, 6.45) is 2.50. The molecule has 0 unspecified atom stereocenters. The molecule has 0 aliphatic carbocycles. The van der Waals surface area contributed by atoms with Crippen LogP contribution < -0.4 is 15.4 Å². The number of hydrogen-bond acceptors (Lipinski definition) is 7. The predicted octanol–water partition coefficient (Wildman–Crippen LogP) is 2.38. The molecular weight excluding hydrogens is 372 g/mol. The number of nitrogens with zero attached hydrogens (tertiary/aromatic N) is 3. The third-order valence-corrected chi connectivity index (χ3v) is 4.12. The molecule has 3 N–H and O–H groups in total. The Labute approximate surface area is 158 Å². The van der Waals surface area contributed by atoms with E-state index in [4.69, 9.17) is 4.74 Å². The quantitative estimate of drug-likeness (QED) is 0.565. The van der Waals surface area contributed by atoms with E-state index in [-0.39, 0.29) is 40.3 Å². The third-order valence-electron chi connectivity index (χ3n) is 4.12. The van der Waals surface area contributed by atoms with E-state index in [2.05, 4.69) is 25.6 Å². The molecule has 1 atom stereocenters. The Kier molecular flexibility index (Phi) is 5.59. The topological polar surface area (TPSA) is 109 Å².